The van der Waals surface area contributed by atoms with Crippen LogP contribution in [0.1, 0.15) is 11.3 Å². The Balaban J connectivity index is 1.98. The molecule has 0 radical (unpaired) electrons. The normalized spacial score (nSPS) is 10.5. The number of hydrogen-bond acceptors (Lipinski definition) is 3. The van der Waals surface area contributed by atoms with Crippen molar-refractivity contribution in [2.45, 2.75) is 12.8 Å². The van der Waals surface area contributed by atoms with Gasteiger partial charge in [0.2, 0.25) is 0 Å². The number of carbonyl (C=O) groups excluding carboxylic acids is 1. The van der Waals surface area contributed by atoms with Crippen LogP contribution in [0.4, 0.5) is 4.39 Å². The highest BCUT2D eigenvalue weighted by atomic mass is 19.1. The van der Waals surface area contributed by atoms with Crippen LogP contribution in [0.5, 0.6) is 0 Å². The van der Waals surface area contributed by atoms with Gasteiger partial charge in [-0.25, -0.2) is 4.39 Å². The van der Waals surface area contributed by atoms with E-state index in [4.69, 9.17) is 0 Å². The predicted octanol–water partition coefficient (Wildman–Crippen LogP) is 1.31. The Bertz CT molecular complexity index is 536. The SMILES string of the molecule is Cn1cc(CC(=O)Cc2cccc(F)c2)nn1. The molecule has 1 aromatic carbocycles. The molecule has 2 rings (SSSR count). The van der Waals surface area contributed by atoms with Gasteiger partial charge in [-0.1, -0.05) is 17.3 Å². The van der Waals surface area contributed by atoms with Crippen molar-refractivity contribution in [2.75, 3.05) is 0 Å². The molecule has 0 unspecified atom stereocenters. The van der Waals surface area contributed by atoms with Crippen molar-refractivity contribution in [2.24, 2.45) is 7.05 Å². The minimum Gasteiger partial charge on any atom is -0.299 e. The van der Waals surface area contributed by atoms with Crippen LogP contribution in [-0.4, -0.2) is 20.8 Å². The molecule has 0 atom stereocenters. The third-order valence-corrected chi connectivity index (χ3v) is 2.32. The summed E-state index contributed by atoms with van der Waals surface area (Å²) in [4.78, 5) is 11.7. The zero-order valence-electron chi connectivity index (χ0n) is 9.43. The molecule has 4 nitrogen and oxygen atoms in total. The van der Waals surface area contributed by atoms with Gasteiger partial charge < -0.3 is 0 Å². The monoisotopic (exact) mass is 233 g/mol. The fourth-order valence-electron chi connectivity index (χ4n) is 1.62. The molecule has 0 saturated carbocycles. The Hall–Kier alpha value is -2.04. The quantitative estimate of drug-likeness (QED) is 0.800. The molecule has 0 aliphatic carbocycles. The van der Waals surface area contributed by atoms with Crippen molar-refractivity contribution in [3.8, 4) is 0 Å². The summed E-state index contributed by atoms with van der Waals surface area (Å²) >= 11 is 0. The number of hydrogen-bond donors (Lipinski definition) is 0. The molecule has 0 amide bonds. The second kappa shape index (κ2) is 4.86. The van der Waals surface area contributed by atoms with E-state index in [2.05, 4.69) is 10.3 Å². The molecule has 0 saturated heterocycles. The maximum Gasteiger partial charge on any atom is 0.143 e. The molecule has 2 aromatic rings. The minimum atomic E-state index is -0.324. The second-order valence-electron chi connectivity index (χ2n) is 3.91. The van der Waals surface area contributed by atoms with Crippen molar-refractivity contribution in [3.63, 3.8) is 0 Å². The number of aryl methyl sites for hydroxylation is 1. The van der Waals surface area contributed by atoms with Crippen molar-refractivity contribution >= 4 is 5.78 Å². The first-order valence-electron chi connectivity index (χ1n) is 5.25. The van der Waals surface area contributed by atoms with Crippen molar-refractivity contribution in [3.05, 3.63) is 47.5 Å². The molecule has 0 aliphatic heterocycles. The van der Waals surface area contributed by atoms with E-state index in [1.165, 1.54) is 12.1 Å². The number of aromatic nitrogens is 3. The minimum absolute atomic E-state index is 0.00361. The highest BCUT2D eigenvalue weighted by Crippen LogP contribution is 2.06. The summed E-state index contributed by atoms with van der Waals surface area (Å²) in [5, 5.41) is 7.58. The van der Waals surface area contributed by atoms with Crippen molar-refractivity contribution in [1.29, 1.82) is 0 Å². The van der Waals surface area contributed by atoms with Crippen LogP contribution >= 0.6 is 0 Å². The number of halogens is 1. The molecule has 88 valence electrons. The molecule has 0 spiro atoms. The van der Waals surface area contributed by atoms with Crippen LogP contribution in [0.25, 0.3) is 0 Å². The zero-order chi connectivity index (χ0) is 12.3. The summed E-state index contributed by atoms with van der Waals surface area (Å²) in [5.74, 6) is -0.328. The van der Waals surface area contributed by atoms with Crippen LogP contribution in [0.2, 0.25) is 0 Å². The lowest BCUT2D eigenvalue weighted by atomic mass is 10.1. The topological polar surface area (TPSA) is 47.8 Å². The smallest absolute Gasteiger partial charge is 0.143 e. The maximum absolute atomic E-state index is 12.9. The summed E-state index contributed by atoms with van der Waals surface area (Å²) in [6, 6.07) is 6.06. The molecule has 5 heteroatoms. The van der Waals surface area contributed by atoms with Gasteiger partial charge in [-0.2, -0.15) is 0 Å². The highest BCUT2D eigenvalue weighted by Gasteiger charge is 2.08. The summed E-state index contributed by atoms with van der Waals surface area (Å²) in [6.45, 7) is 0. The molecular formula is C12H12FN3O. The number of Topliss-reactive ketones (excluding diaryl/α,β-unsaturated/α-hetero) is 1. The molecule has 0 aliphatic rings. The standard InChI is InChI=1S/C12H12FN3O/c1-16-8-11(14-15-16)7-12(17)6-9-3-2-4-10(13)5-9/h2-5,8H,6-7H2,1H3. The van der Waals surface area contributed by atoms with E-state index in [-0.39, 0.29) is 24.4 Å². The summed E-state index contributed by atoms with van der Waals surface area (Å²) in [7, 11) is 1.74. The fourth-order valence-corrected chi connectivity index (χ4v) is 1.62. The lowest BCUT2D eigenvalue weighted by Gasteiger charge is -1.99. The predicted molar refractivity (Wildman–Crippen MR) is 59.8 cm³/mol. The number of nitrogens with zero attached hydrogens (tertiary/aromatic N) is 3. The fraction of sp³-hybridized carbons (Fsp3) is 0.250. The number of carbonyl (C=O) groups is 1. The summed E-state index contributed by atoms with van der Waals surface area (Å²) in [5.41, 5.74) is 1.31. The van der Waals surface area contributed by atoms with Crippen LogP contribution in [-0.2, 0) is 24.7 Å². The number of benzene rings is 1. The Kier molecular flexibility index (Phi) is 3.27. The lowest BCUT2D eigenvalue weighted by molar-refractivity contribution is -0.117. The van der Waals surface area contributed by atoms with E-state index in [1.54, 1.807) is 30.1 Å². The van der Waals surface area contributed by atoms with Crippen LogP contribution in [0, 0.1) is 5.82 Å². The van der Waals surface area contributed by atoms with Crippen molar-refractivity contribution < 1.29 is 9.18 Å². The lowest BCUT2D eigenvalue weighted by Crippen LogP contribution is -2.07. The van der Waals surface area contributed by atoms with Gasteiger partial charge in [0.15, 0.2) is 0 Å². The van der Waals surface area contributed by atoms with Gasteiger partial charge in [-0.05, 0) is 17.7 Å². The van der Waals surface area contributed by atoms with E-state index >= 15 is 0 Å². The molecular weight excluding hydrogens is 221 g/mol. The Morgan fingerprint density at radius 1 is 1.41 bits per heavy atom. The molecule has 0 fully saturated rings. The second-order valence-corrected chi connectivity index (χ2v) is 3.91. The Morgan fingerprint density at radius 3 is 2.88 bits per heavy atom. The maximum atomic E-state index is 12.9. The van der Waals surface area contributed by atoms with E-state index < -0.39 is 0 Å². The summed E-state index contributed by atoms with van der Waals surface area (Å²) < 4.78 is 14.5. The Labute approximate surface area is 98.1 Å². The van der Waals surface area contributed by atoms with Gasteiger partial charge in [0, 0.05) is 19.7 Å². The average Bonchev–Trinajstić information content (AvgIpc) is 2.63. The van der Waals surface area contributed by atoms with Gasteiger partial charge in [0.25, 0.3) is 0 Å². The van der Waals surface area contributed by atoms with Gasteiger partial charge in [0.1, 0.15) is 11.6 Å². The van der Waals surface area contributed by atoms with E-state index in [0.29, 0.717) is 11.3 Å². The van der Waals surface area contributed by atoms with E-state index in [1.807, 2.05) is 0 Å². The highest BCUT2D eigenvalue weighted by molar-refractivity contribution is 5.82. The average molecular weight is 233 g/mol. The van der Waals surface area contributed by atoms with Gasteiger partial charge in [-0.15, -0.1) is 5.10 Å². The summed E-state index contributed by atoms with van der Waals surface area (Å²) in [6.07, 6.45) is 2.14. The first kappa shape index (κ1) is 11.4. The van der Waals surface area contributed by atoms with Crippen LogP contribution in [0.15, 0.2) is 30.5 Å². The van der Waals surface area contributed by atoms with E-state index in [0.717, 1.165) is 0 Å². The van der Waals surface area contributed by atoms with E-state index in [9.17, 15) is 9.18 Å². The van der Waals surface area contributed by atoms with Gasteiger partial charge >= 0.3 is 0 Å². The first-order chi connectivity index (χ1) is 8.13. The Morgan fingerprint density at radius 2 is 2.24 bits per heavy atom. The van der Waals surface area contributed by atoms with Crippen molar-refractivity contribution in [1.82, 2.24) is 15.0 Å². The molecule has 1 heterocycles. The van der Waals surface area contributed by atoms with Crippen LogP contribution in [0.3, 0.4) is 0 Å². The molecule has 0 N–H and O–H groups in total. The van der Waals surface area contributed by atoms with Crippen LogP contribution < -0.4 is 0 Å². The first-order valence-corrected chi connectivity index (χ1v) is 5.25. The van der Waals surface area contributed by atoms with Gasteiger partial charge in [-0.3, -0.25) is 9.48 Å². The third kappa shape index (κ3) is 3.21. The number of ketones is 1. The van der Waals surface area contributed by atoms with Gasteiger partial charge in [0.05, 0.1) is 12.1 Å². The molecule has 17 heavy (non-hydrogen) atoms. The molecule has 0 bridgehead atoms. The third-order valence-electron chi connectivity index (χ3n) is 2.32. The molecule has 1 aromatic heterocycles. The largest absolute Gasteiger partial charge is 0.299 e. The zero-order valence-corrected chi connectivity index (χ0v) is 9.43. The number of rotatable bonds is 4.